The van der Waals surface area contributed by atoms with Crippen LogP contribution in [0.1, 0.15) is 0 Å². The van der Waals surface area contributed by atoms with Gasteiger partial charge in [-0.15, -0.1) is 0 Å². The van der Waals surface area contributed by atoms with Crippen LogP contribution in [-0.2, 0) is 51.6 Å². The summed E-state index contributed by atoms with van der Waals surface area (Å²) in [6.07, 6.45) is 0. The van der Waals surface area contributed by atoms with E-state index < -0.39 is 10.4 Å². The zero-order valence-electron chi connectivity index (χ0n) is 3.33. The summed E-state index contributed by atoms with van der Waals surface area (Å²) in [4.78, 5) is 0. The van der Waals surface area contributed by atoms with E-state index in [1.807, 2.05) is 0 Å². The van der Waals surface area contributed by atoms with E-state index in [4.69, 9.17) is 17.5 Å². The van der Waals surface area contributed by atoms with Crippen LogP contribution in [0.25, 0.3) is 0 Å². The van der Waals surface area contributed by atoms with Crippen LogP contribution in [-0.4, -0.2) is 68.9 Å². The molecule has 2 N–H and O–H groups in total. The van der Waals surface area contributed by atoms with Gasteiger partial charge < -0.3 is 0 Å². The van der Waals surface area contributed by atoms with Crippen LogP contribution in [0, 0.1) is 0 Å². The van der Waals surface area contributed by atoms with E-state index in [1.165, 1.54) is 0 Å². The van der Waals surface area contributed by atoms with Gasteiger partial charge in [0.05, 0.1) is 0 Å². The third kappa shape index (κ3) is 67.3. The first-order valence-corrected chi connectivity index (χ1v) is 2.10. The predicted molar refractivity (Wildman–Crippen MR) is 21.3 cm³/mol. The van der Waals surface area contributed by atoms with Gasteiger partial charge in [0.1, 0.15) is 0 Å². The smallest absolute Gasteiger partial charge is 0 e. The van der Waals surface area contributed by atoms with E-state index in [9.17, 15) is 0 Å². The molecule has 8 heavy (non-hydrogen) atoms. The van der Waals surface area contributed by atoms with Crippen molar-refractivity contribution in [1.29, 1.82) is 0 Å². The maximum Gasteiger partial charge on any atom is 0 e. The predicted octanol–water partition coefficient (Wildman–Crippen LogP) is -1.31. The normalized spacial score (nSPS) is 7.25. The van der Waals surface area contributed by atoms with Crippen LogP contribution in [0.3, 0.4) is 0 Å². The van der Waals surface area contributed by atoms with Gasteiger partial charge in [0.25, 0.3) is 0 Å². The Bertz CT molecular complexity index is 99.2. The third-order valence-electron chi connectivity index (χ3n) is 0. The molecule has 0 saturated carbocycles. The van der Waals surface area contributed by atoms with Gasteiger partial charge in [-0.3, -0.25) is 9.11 Å². The number of hydrogen-bond donors (Lipinski definition) is 2. The van der Waals surface area contributed by atoms with Gasteiger partial charge in [-0.2, -0.15) is 8.42 Å². The summed E-state index contributed by atoms with van der Waals surface area (Å²) in [6.45, 7) is 0. The molecule has 4 nitrogen and oxygen atoms in total. The van der Waals surface area contributed by atoms with Crippen LogP contribution in [0.15, 0.2) is 0 Å². The Morgan fingerprint density at radius 2 is 1.12 bits per heavy atom. The van der Waals surface area contributed by atoms with Crippen molar-refractivity contribution in [3.05, 3.63) is 0 Å². The summed E-state index contributed by atoms with van der Waals surface area (Å²) < 4.78 is 31.6. The summed E-state index contributed by atoms with van der Waals surface area (Å²) in [5.74, 6) is 0. The molecule has 0 radical (unpaired) electrons. The van der Waals surface area contributed by atoms with Crippen molar-refractivity contribution in [3.8, 4) is 0 Å². The Morgan fingerprint density at radius 1 is 1.12 bits per heavy atom. The Hall–Kier alpha value is 2.84. The first-order valence-electron chi connectivity index (χ1n) is 0.698. The van der Waals surface area contributed by atoms with Crippen LogP contribution < -0.4 is 0 Å². The molecular formula is H3KO4STiZn. The Labute approximate surface area is 118 Å². The van der Waals surface area contributed by atoms with Crippen molar-refractivity contribution in [1.82, 2.24) is 0 Å². The van der Waals surface area contributed by atoms with Crippen LogP contribution >= 0.6 is 0 Å². The first kappa shape index (κ1) is 22.4. The fourth-order valence-electron chi connectivity index (χ4n) is 0. The zero-order chi connectivity index (χ0) is 4.50. The Morgan fingerprint density at radius 3 is 1.12 bits per heavy atom. The van der Waals surface area contributed by atoms with Crippen LogP contribution in [0.4, 0.5) is 0 Å². The second kappa shape index (κ2) is 9.84. The quantitative estimate of drug-likeness (QED) is 0.414. The Balaban J connectivity index is -0.0000000267. The molecule has 0 aromatic rings. The zero-order valence-corrected chi connectivity index (χ0v) is 8.67. The molecule has 0 unspecified atom stereocenters. The van der Waals surface area contributed by atoms with E-state index >= 15 is 0 Å². The molecule has 0 aliphatic rings. The van der Waals surface area contributed by atoms with Crippen molar-refractivity contribution >= 4 is 61.8 Å². The van der Waals surface area contributed by atoms with E-state index in [1.54, 1.807) is 0 Å². The fourth-order valence-corrected chi connectivity index (χ4v) is 0. The average Bonchev–Trinajstić information content (AvgIpc) is 0.722. The minimum absolute atomic E-state index is 0. The van der Waals surface area contributed by atoms with Crippen LogP contribution in [0.2, 0.25) is 0 Å². The third-order valence-corrected chi connectivity index (χ3v) is 0. The largest absolute Gasteiger partial charge is 0 e. The van der Waals surface area contributed by atoms with Gasteiger partial charge in [-0.25, -0.2) is 0 Å². The first-order chi connectivity index (χ1) is 2.00. The van der Waals surface area contributed by atoms with Crippen molar-refractivity contribution < 1.29 is 58.7 Å². The molecule has 0 aliphatic carbocycles. The molecule has 0 fully saturated rings. The van der Waals surface area contributed by atoms with Gasteiger partial charge >= 0.3 is 61.8 Å². The van der Waals surface area contributed by atoms with E-state index in [0.717, 1.165) is 0 Å². The summed E-state index contributed by atoms with van der Waals surface area (Å²) in [5, 5.41) is 0. The summed E-state index contributed by atoms with van der Waals surface area (Å²) in [5.41, 5.74) is 0. The Kier molecular flexibility index (Phi) is 27.6. The molecule has 0 amide bonds. The molecule has 0 heterocycles. The van der Waals surface area contributed by atoms with Crippen molar-refractivity contribution in [2.75, 3.05) is 0 Å². The number of hydrogen-bond acceptors (Lipinski definition) is 2. The minimum atomic E-state index is -4.67. The van der Waals surface area contributed by atoms with Crippen molar-refractivity contribution in [3.63, 3.8) is 0 Å². The van der Waals surface area contributed by atoms with Crippen molar-refractivity contribution in [2.24, 2.45) is 0 Å². The molecule has 0 saturated heterocycles. The van der Waals surface area contributed by atoms with E-state index in [0.29, 0.717) is 0 Å². The molecule has 0 atom stereocenters. The molecule has 8 heteroatoms. The summed E-state index contributed by atoms with van der Waals surface area (Å²) >= 11 is 0. The summed E-state index contributed by atoms with van der Waals surface area (Å²) in [7, 11) is -4.67. The number of rotatable bonds is 0. The average molecular weight is 251 g/mol. The van der Waals surface area contributed by atoms with Crippen LogP contribution in [0.5, 0.6) is 0 Å². The van der Waals surface area contributed by atoms with Gasteiger partial charge in [-0.1, -0.05) is 0 Å². The maximum absolute atomic E-state index is 8.74. The fraction of sp³-hybridized carbons (Fsp3) is 0. The molecule has 0 rings (SSSR count). The molecule has 0 aromatic heterocycles. The minimum Gasteiger partial charge on any atom is 0 e. The van der Waals surface area contributed by atoms with E-state index in [2.05, 4.69) is 0 Å². The molecule has 40 valence electrons. The molecule has 0 aromatic carbocycles. The second-order valence-electron chi connectivity index (χ2n) is 0.448. The molecule has 0 bridgehead atoms. The second-order valence-corrected chi connectivity index (χ2v) is 1.34. The van der Waals surface area contributed by atoms with Gasteiger partial charge in [0.2, 0.25) is 0 Å². The van der Waals surface area contributed by atoms with Gasteiger partial charge in [-0.05, 0) is 0 Å². The SMILES string of the molecule is O=S(=O)(O)O.[KH].[Ti].[Zn]. The standard InChI is InChI=1S/K.H2O4S.Ti.Zn.H/c;1-5(2,3)4;;;/h;(H2,1,2,3,4);;;. The molecule has 0 aliphatic heterocycles. The summed E-state index contributed by atoms with van der Waals surface area (Å²) in [6, 6.07) is 0. The van der Waals surface area contributed by atoms with E-state index in [-0.39, 0.29) is 92.6 Å². The van der Waals surface area contributed by atoms with Gasteiger partial charge in [0, 0.05) is 41.2 Å². The molecule has 0 spiro atoms. The molecular weight excluding hydrogens is 248 g/mol. The maximum atomic E-state index is 8.74. The topological polar surface area (TPSA) is 74.6 Å². The van der Waals surface area contributed by atoms with Gasteiger partial charge in [0.15, 0.2) is 0 Å². The monoisotopic (exact) mass is 250 g/mol. The van der Waals surface area contributed by atoms with Crippen molar-refractivity contribution in [2.45, 2.75) is 0 Å².